The number of amides is 1. The Balaban J connectivity index is 1.10. The number of H-pyrrole nitrogens is 1. The van der Waals surface area contributed by atoms with Gasteiger partial charge in [0.2, 0.25) is 5.91 Å². The van der Waals surface area contributed by atoms with Crippen molar-refractivity contribution < 1.29 is 4.79 Å². The van der Waals surface area contributed by atoms with Crippen molar-refractivity contribution in [2.45, 2.75) is 44.2 Å². The van der Waals surface area contributed by atoms with Gasteiger partial charge in [-0.15, -0.1) is 0 Å². The smallest absolute Gasteiger partial charge is 0.224 e. The van der Waals surface area contributed by atoms with Gasteiger partial charge < -0.3 is 20.5 Å². The topological polar surface area (TPSA) is 73.0 Å². The number of pyridine rings is 1. The molecule has 1 amide bonds. The van der Waals surface area contributed by atoms with Crippen molar-refractivity contribution in [2.75, 3.05) is 24.3 Å². The van der Waals surface area contributed by atoms with E-state index < -0.39 is 0 Å². The minimum atomic E-state index is 0.0835. The van der Waals surface area contributed by atoms with Crippen molar-refractivity contribution in [2.24, 2.45) is 0 Å². The largest absolute Gasteiger partial charge is 0.377 e. The van der Waals surface area contributed by atoms with Crippen LogP contribution < -0.4 is 15.5 Å². The van der Waals surface area contributed by atoms with E-state index in [0.717, 1.165) is 75.8 Å². The van der Waals surface area contributed by atoms with E-state index in [1.54, 1.807) is 0 Å². The van der Waals surface area contributed by atoms with Crippen molar-refractivity contribution in [3.8, 4) is 11.3 Å². The molecule has 0 saturated heterocycles. The van der Waals surface area contributed by atoms with E-state index in [4.69, 9.17) is 4.98 Å². The van der Waals surface area contributed by atoms with Gasteiger partial charge in [-0.2, -0.15) is 0 Å². The van der Waals surface area contributed by atoms with Gasteiger partial charge in [-0.05, 0) is 48.9 Å². The molecule has 1 aliphatic carbocycles. The van der Waals surface area contributed by atoms with Crippen LogP contribution in [0.5, 0.6) is 0 Å². The summed E-state index contributed by atoms with van der Waals surface area (Å²) < 4.78 is 0. The van der Waals surface area contributed by atoms with Crippen molar-refractivity contribution in [1.29, 1.82) is 0 Å². The number of para-hydroxylation sites is 2. The molecule has 3 aromatic carbocycles. The summed E-state index contributed by atoms with van der Waals surface area (Å²) in [5, 5.41) is 9.27. The first-order chi connectivity index (χ1) is 19.0. The normalized spacial score (nSPS) is 17.3. The van der Waals surface area contributed by atoms with Gasteiger partial charge >= 0.3 is 0 Å². The van der Waals surface area contributed by atoms with Crippen molar-refractivity contribution in [3.05, 3.63) is 90.5 Å². The van der Waals surface area contributed by atoms with Gasteiger partial charge in [0.1, 0.15) is 5.82 Å². The van der Waals surface area contributed by atoms with Crippen LogP contribution in [0, 0.1) is 0 Å². The Morgan fingerprint density at radius 3 is 2.31 bits per heavy atom. The van der Waals surface area contributed by atoms with Gasteiger partial charge in [0.15, 0.2) is 0 Å². The molecule has 1 aliphatic rings. The number of nitrogens with zero attached hydrogens (tertiary/aromatic N) is 2. The monoisotopic (exact) mass is 517 g/mol. The second-order valence-electron chi connectivity index (χ2n) is 10.8. The molecule has 6 rings (SSSR count). The molecule has 1 saturated carbocycles. The zero-order chi connectivity index (χ0) is 26.8. The molecular weight excluding hydrogens is 482 g/mol. The molecule has 0 bridgehead atoms. The lowest BCUT2D eigenvalue weighted by atomic mass is 9.91. The van der Waals surface area contributed by atoms with E-state index in [0.29, 0.717) is 12.5 Å². The first-order valence-electron chi connectivity index (χ1n) is 13.8. The highest BCUT2D eigenvalue weighted by molar-refractivity contribution is 5.95. The molecule has 39 heavy (non-hydrogen) atoms. The SMILES string of the molecule is CN(C)c1cc(N[C@H]2CC[C@@H](NC(=O)Cc3c(-c4ccccc4)[nH]c4ccccc34)CC2)nc2ccccc12. The minimum Gasteiger partial charge on any atom is -0.377 e. The van der Waals surface area contributed by atoms with Gasteiger partial charge in [-0.25, -0.2) is 4.98 Å². The molecule has 0 aliphatic heterocycles. The number of anilines is 2. The van der Waals surface area contributed by atoms with Crippen LogP contribution in [0.3, 0.4) is 0 Å². The molecule has 0 radical (unpaired) electrons. The fourth-order valence-electron chi connectivity index (χ4n) is 5.87. The zero-order valence-corrected chi connectivity index (χ0v) is 22.6. The predicted octanol–water partition coefficient (Wildman–Crippen LogP) is 6.53. The highest BCUT2D eigenvalue weighted by Gasteiger charge is 2.24. The molecular formula is C33H35N5O. The quantitative estimate of drug-likeness (QED) is 0.229. The molecule has 0 atom stereocenters. The number of nitrogens with one attached hydrogen (secondary N) is 3. The van der Waals surface area contributed by atoms with Crippen LogP contribution in [-0.2, 0) is 11.2 Å². The second kappa shape index (κ2) is 10.8. The summed E-state index contributed by atoms with van der Waals surface area (Å²) in [5.74, 6) is 0.998. The summed E-state index contributed by atoms with van der Waals surface area (Å²) in [6, 6.07) is 29.5. The lowest BCUT2D eigenvalue weighted by Gasteiger charge is -2.30. The molecule has 0 spiro atoms. The van der Waals surface area contributed by atoms with E-state index in [1.807, 2.05) is 36.4 Å². The number of carbonyl (C=O) groups excluding carboxylic acids is 1. The average molecular weight is 518 g/mol. The van der Waals surface area contributed by atoms with Gasteiger partial charge in [-0.1, -0.05) is 66.7 Å². The number of fused-ring (bicyclic) bond motifs is 2. The summed E-state index contributed by atoms with van der Waals surface area (Å²) in [6.07, 6.45) is 4.27. The fraction of sp³-hybridized carbons (Fsp3) is 0.273. The van der Waals surface area contributed by atoms with Crippen molar-refractivity contribution in [3.63, 3.8) is 0 Å². The Morgan fingerprint density at radius 2 is 1.54 bits per heavy atom. The summed E-state index contributed by atoms with van der Waals surface area (Å²) >= 11 is 0. The van der Waals surface area contributed by atoms with E-state index in [2.05, 4.69) is 83.1 Å². The van der Waals surface area contributed by atoms with Crippen LogP contribution in [0.2, 0.25) is 0 Å². The van der Waals surface area contributed by atoms with Gasteiger partial charge in [0.25, 0.3) is 0 Å². The lowest BCUT2D eigenvalue weighted by molar-refractivity contribution is -0.121. The fourth-order valence-corrected chi connectivity index (χ4v) is 5.87. The third kappa shape index (κ3) is 5.32. The van der Waals surface area contributed by atoms with E-state index in [-0.39, 0.29) is 11.9 Å². The lowest BCUT2D eigenvalue weighted by Crippen LogP contribution is -2.40. The van der Waals surface area contributed by atoms with E-state index in [1.165, 1.54) is 0 Å². The number of aromatic amines is 1. The molecule has 1 fully saturated rings. The number of rotatable bonds is 7. The average Bonchev–Trinajstić information content (AvgIpc) is 3.32. The molecule has 6 nitrogen and oxygen atoms in total. The van der Waals surface area contributed by atoms with Crippen LogP contribution in [0.25, 0.3) is 33.1 Å². The molecule has 5 aromatic rings. The van der Waals surface area contributed by atoms with Crippen LogP contribution >= 0.6 is 0 Å². The summed E-state index contributed by atoms with van der Waals surface area (Å²) in [4.78, 5) is 23.8. The maximum atomic E-state index is 13.2. The molecule has 6 heteroatoms. The van der Waals surface area contributed by atoms with Gasteiger partial charge in [0.05, 0.1) is 17.6 Å². The van der Waals surface area contributed by atoms with Gasteiger partial charge in [0, 0.05) is 54.2 Å². The van der Waals surface area contributed by atoms with E-state index >= 15 is 0 Å². The van der Waals surface area contributed by atoms with Crippen LogP contribution in [-0.4, -0.2) is 42.1 Å². The maximum absolute atomic E-state index is 13.2. The third-order valence-electron chi connectivity index (χ3n) is 7.83. The van der Waals surface area contributed by atoms with Crippen LogP contribution in [0.4, 0.5) is 11.5 Å². The summed E-state index contributed by atoms with van der Waals surface area (Å²) in [7, 11) is 4.14. The number of benzene rings is 3. The zero-order valence-electron chi connectivity index (χ0n) is 22.6. The number of hydrogen-bond acceptors (Lipinski definition) is 4. The summed E-state index contributed by atoms with van der Waals surface area (Å²) in [6.45, 7) is 0. The van der Waals surface area contributed by atoms with Crippen molar-refractivity contribution in [1.82, 2.24) is 15.3 Å². The van der Waals surface area contributed by atoms with Crippen LogP contribution in [0.15, 0.2) is 84.9 Å². The minimum absolute atomic E-state index is 0.0835. The Morgan fingerprint density at radius 1 is 0.872 bits per heavy atom. The number of aromatic nitrogens is 2. The first kappa shape index (κ1) is 25.0. The Hall–Kier alpha value is -4.32. The molecule has 2 heterocycles. The molecule has 3 N–H and O–H groups in total. The standard InChI is InChI=1S/C33H35N5O/c1-38(2)30-21-31(36-29-15-9-7-13-26(29)30)34-23-16-18-24(19-17-23)35-32(39)20-27-25-12-6-8-14-28(25)37-33(27)22-10-4-3-5-11-22/h3-15,21,23-24,37H,16-20H2,1-2H3,(H,34,36)(H,35,39)/t23-,24+. The van der Waals surface area contributed by atoms with Crippen molar-refractivity contribution >= 4 is 39.2 Å². The third-order valence-corrected chi connectivity index (χ3v) is 7.83. The number of carbonyl (C=O) groups is 1. The second-order valence-corrected chi connectivity index (χ2v) is 10.8. The highest BCUT2D eigenvalue weighted by atomic mass is 16.1. The molecule has 2 aromatic heterocycles. The van der Waals surface area contributed by atoms with Gasteiger partial charge in [-0.3, -0.25) is 4.79 Å². The Kier molecular flexibility index (Phi) is 6.93. The summed E-state index contributed by atoms with van der Waals surface area (Å²) in [5.41, 5.74) is 6.41. The van der Waals surface area contributed by atoms with Crippen LogP contribution in [0.1, 0.15) is 31.2 Å². The Bertz CT molecular complexity index is 1600. The highest BCUT2D eigenvalue weighted by Crippen LogP contribution is 2.32. The predicted molar refractivity (Wildman–Crippen MR) is 161 cm³/mol. The van der Waals surface area contributed by atoms with E-state index in [9.17, 15) is 4.79 Å². The maximum Gasteiger partial charge on any atom is 0.224 e. The molecule has 198 valence electrons. The number of hydrogen-bond donors (Lipinski definition) is 3. The first-order valence-corrected chi connectivity index (χ1v) is 13.8. The molecule has 0 unspecified atom stereocenters. The Labute approximate surface area is 229 Å².